The molecule has 0 aromatic heterocycles. The molecule has 0 aliphatic heterocycles. The Kier molecular flexibility index (Phi) is 5.54. The van der Waals surface area contributed by atoms with Gasteiger partial charge in [0.1, 0.15) is 0 Å². The fraction of sp³-hybridized carbons (Fsp3) is 0.600. The third-order valence-electron chi connectivity index (χ3n) is 3.18. The quantitative estimate of drug-likeness (QED) is 0.755. The Labute approximate surface area is 100 Å². The minimum Gasteiger partial charge on any atom is -0.308 e. The van der Waals surface area contributed by atoms with Crippen molar-refractivity contribution < 1.29 is 0 Å². The predicted molar refractivity (Wildman–Crippen MR) is 71.7 cm³/mol. The molecule has 0 bridgehead atoms. The highest BCUT2D eigenvalue weighted by molar-refractivity contribution is 5.28. The molecule has 0 amide bonds. The van der Waals surface area contributed by atoms with Crippen LogP contribution in [0.2, 0.25) is 0 Å². The summed E-state index contributed by atoms with van der Waals surface area (Å²) in [7, 11) is 0. The Balaban J connectivity index is 2.52. The number of hydrogen-bond acceptors (Lipinski definition) is 1. The van der Waals surface area contributed by atoms with Crippen LogP contribution >= 0.6 is 0 Å². The second kappa shape index (κ2) is 6.70. The van der Waals surface area contributed by atoms with Gasteiger partial charge in [0.15, 0.2) is 0 Å². The first-order valence-electron chi connectivity index (χ1n) is 6.46. The number of benzene rings is 1. The first kappa shape index (κ1) is 13.2. The van der Waals surface area contributed by atoms with Gasteiger partial charge >= 0.3 is 0 Å². The number of aryl methyl sites for hydroxylation is 1. The average Bonchev–Trinajstić information content (AvgIpc) is 2.26. The van der Waals surface area contributed by atoms with Gasteiger partial charge in [0.2, 0.25) is 0 Å². The normalized spacial score (nSPS) is 14.8. The van der Waals surface area contributed by atoms with E-state index in [2.05, 4.69) is 57.3 Å². The van der Waals surface area contributed by atoms with E-state index in [-0.39, 0.29) is 0 Å². The molecule has 1 rings (SSSR count). The smallest absolute Gasteiger partial charge is 0.0296 e. The van der Waals surface area contributed by atoms with E-state index in [1.807, 2.05) is 0 Å². The van der Waals surface area contributed by atoms with Gasteiger partial charge in [0.05, 0.1) is 0 Å². The van der Waals surface area contributed by atoms with Crippen LogP contribution in [0.3, 0.4) is 0 Å². The molecule has 1 N–H and O–H groups in total. The van der Waals surface area contributed by atoms with Crippen LogP contribution in [-0.4, -0.2) is 6.04 Å². The minimum atomic E-state index is 0.452. The molecular weight excluding hydrogens is 194 g/mol. The third-order valence-corrected chi connectivity index (χ3v) is 3.18. The van der Waals surface area contributed by atoms with Crippen LogP contribution in [-0.2, 0) is 0 Å². The largest absolute Gasteiger partial charge is 0.308 e. The van der Waals surface area contributed by atoms with E-state index < -0.39 is 0 Å². The number of rotatable bonds is 6. The Morgan fingerprint density at radius 2 is 1.88 bits per heavy atom. The monoisotopic (exact) mass is 219 g/mol. The van der Waals surface area contributed by atoms with Crippen LogP contribution in [0, 0.1) is 6.92 Å². The Bertz CT molecular complexity index is 306. The van der Waals surface area contributed by atoms with Crippen molar-refractivity contribution >= 4 is 0 Å². The standard InChI is InChI=1S/C15H25N/c1-5-6-10-13(3)16-14(4)15-11-8-7-9-12(15)2/h7-9,11,13-14,16H,5-6,10H2,1-4H3/t13?,14-/m1/s1. The van der Waals surface area contributed by atoms with Gasteiger partial charge < -0.3 is 5.32 Å². The molecule has 2 atom stereocenters. The Morgan fingerprint density at radius 3 is 2.50 bits per heavy atom. The zero-order chi connectivity index (χ0) is 12.0. The van der Waals surface area contributed by atoms with E-state index in [4.69, 9.17) is 0 Å². The summed E-state index contributed by atoms with van der Waals surface area (Å²) in [5.74, 6) is 0. The van der Waals surface area contributed by atoms with E-state index in [1.165, 1.54) is 30.4 Å². The molecule has 1 aromatic carbocycles. The summed E-state index contributed by atoms with van der Waals surface area (Å²) in [6.07, 6.45) is 3.87. The lowest BCUT2D eigenvalue weighted by Gasteiger charge is -2.21. The lowest BCUT2D eigenvalue weighted by Crippen LogP contribution is -2.29. The highest BCUT2D eigenvalue weighted by Crippen LogP contribution is 2.17. The number of nitrogens with one attached hydrogen (secondary N) is 1. The van der Waals surface area contributed by atoms with Gasteiger partial charge in [-0.05, 0) is 38.3 Å². The molecule has 1 aromatic rings. The van der Waals surface area contributed by atoms with Crippen LogP contribution in [0.5, 0.6) is 0 Å². The maximum absolute atomic E-state index is 3.67. The van der Waals surface area contributed by atoms with Crippen LogP contribution in [0.4, 0.5) is 0 Å². The highest BCUT2D eigenvalue weighted by atomic mass is 14.9. The number of hydrogen-bond donors (Lipinski definition) is 1. The molecule has 0 saturated carbocycles. The maximum atomic E-state index is 3.67. The topological polar surface area (TPSA) is 12.0 Å². The summed E-state index contributed by atoms with van der Waals surface area (Å²) in [6.45, 7) is 8.97. The van der Waals surface area contributed by atoms with Crippen molar-refractivity contribution in [3.8, 4) is 0 Å². The summed E-state index contributed by atoms with van der Waals surface area (Å²) >= 11 is 0. The summed E-state index contributed by atoms with van der Waals surface area (Å²) < 4.78 is 0. The summed E-state index contributed by atoms with van der Waals surface area (Å²) in [5.41, 5.74) is 2.80. The molecule has 0 aliphatic rings. The third kappa shape index (κ3) is 3.97. The Morgan fingerprint density at radius 1 is 1.19 bits per heavy atom. The van der Waals surface area contributed by atoms with Crippen molar-refractivity contribution in [1.29, 1.82) is 0 Å². The molecule has 1 heteroatoms. The molecule has 16 heavy (non-hydrogen) atoms. The fourth-order valence-corrected chi connectivity index (χ4v) is 2.18. The molecule has 0 spiro atoms. The molecule has 1 unspecified atom stereocenters. The van der Waals surface area contributed by atoms with Crippen LogP contribution in [0.25, 0.3) is 0 Å². The molecule has 0 saturated heterocycles. The molecule has 0 aliphatic carbocycles. The van der Waals surface area contributed by atoms with E-state index in [0.29, 0.717) is 12.1 Å². The molecule has 90 valence electrons. The molecule has 1 nitrogen and oxygen atoms in total. The zero-order valence-electron chi connectivity index (χ0n) is 11.1. The lowest BCUT2D eigenvalue weighted by atomic mass is 10.0. The average molecular weight is 219 g/mol. The van der Waals surface area contributed by atoms with Gasteiger partial charge in [-0.25, -0.2) is 0 Å². The van der Waals surface area contributed by atoms with E-state index in [9.17, 15) is 0 Å². The summed E-state index contributed by atoms with van der Waals surface area (Å²) in [4.78, 5) is 0. The fourth-order valence-electron chi connectivity index (χ4n) is 2.18. The second-order valence-corrected chi connectivity index (χ2v) is 4.79. The molecular formula is C15H25N. The predicted octanol–water partition coefficient (Wildman–Crippen LogP) is 4.22. The van der Waals surface area contributed by atoms with E-state index in [1.54, 1.807) is 0 Å². The van der Waals surface area contributed by atoms with Gasteiger partial charge in [0.25, 0.3) is 0 Å². The van der Waals surface area contributed by atoms with E-state index >= 15 is 0 Å². The second-order valence-electron chi connectivity index (χ2n) is 4.79. The van der Waals surface area contributed by atoms with Gasteiger partial charge in [-0.2, -0.15) is 0 Å². The van der Waals surface area contributed by atoms with Crippen molar-refractivity contribution in [2.24, 2.45) is 0 Å². The zero-order valence-corrected chi connectivity index (χ0v) is 11.1. The van der Waals surface area contributed by atoms with Crippen molar-refractivity contribution in [3.63, 3.8) is 0 Å². The van der Waals surface area contributed by atoms with Crippen molar-refractivity contribution in [2.75, 3.05) is 0 Å². The first-order valence-corrected chi connectivity index (χ1v) is 6.46. The van der Waals surface area contributed by atoms with Crippen LogP contribution in [0.15, 0.2) is 24.3 Å². The van der Waals surface area contributed by atoms with Crippen LogP contribution in [0.1, 0.15) is 57.2 Å². The Hall–Kier alpha value is -0.820. The minimum absolute atomic E-state index is 0.452. The lowest BCUT2D eigenvalue weighted by molar-refractivity contribution is 0.443. The van der Waals surface area contributed by atoms with Crippen LogP contribution < -0.4 is 5.32 Å². The van der Waals surface area contributed by atoms with E-state index in [0.717, 1.165) is 0 Å². The highest BCUT2D eigenvalue weighted by Gasteiger charge is 2.10. The SMILES string of the molecule is CCCCC(C)N[C@H](C)c1ccccc1C. The molecule has 0 radical (unpaired) electrons. The molecule has 0 heterocycles. The van der Waals surface area contributed by atoms with Gasteiger partial charge in [-0.1, -0.05) is 44.0 Å². The first-order chi connectivity index (χ1) is 7.65. The van der Waals surface area contributed by atoms with Crippen molar-refractivity contribution in [3.05, 3.63) is 35.4 Å². The summed E-state index contributed by atoms with van der Waals surface area (Å²) in [6, 6.07) is 9.69. The molecule has 0 fully saturated rings. The van der Waals surface area contributed by atoms with Gasteiger partial charge in [-0.3, -0.25) is 0 Å². The summed E-state index contributed by atoms with van der Waals surface area (Å²) in [5, 5.41) is 3.67. The maximum Gasteiger partial charge on any atom is 0.0296 e. The van der Waals surface area contributed by atoms with Gasteiger partial charge in [0, 0.05) is 12.1 Å². The van der Waals surface area contributed by atoms with Crippen molar-refractivity contribution in [1.82, 2.24) is 5.32 Å². The van der Waals surface area contributed by atoms with Crippen molar-refractivity contribution in [2.45, 2.75) is 59.0 Å². The number of unbranched alkanes of at least 4 members (excludes halogenated alkanes) is 1. The van der Waals surface area contributed by atoms with Gasteiger partial charge in [-0.15, -0.1) is 0 Å².